The molecule has 5 heterocycles. The summed E-state index contributed by atoms with van der Waals surface area (Å²) < 4.78 is 9.06. The second kappa shape index (κ2) is 10.3. The molecule has 194 valence electrons. The SMILES string of the molecule is [2H]c1c2ccc([nH]2)c(-c2ccccc2)c2nc(c(CCCC)c3nc(c(-c4ccccc4)c4ccc1[nH]4)C=C3)C=C2. The Bertz CT molecular complexity index is 1840. The number of rotatable bonds is 5. The highest BCUT2D eigenvalue weighted by Crippen LogP contribution is 2.33. The molecule has 0 saturated carbocycles. The monoisotopic (exact) mass is 519 g/mol. The number of aromatic amines is 2. The highest BCUT2D eigenvalue weighted by Gasteiger charge is 2.17. The predicted octanol–water partition coefficient (Wildman–Crippen LogP) is 9.33. The standard InChI is InChI=1S/C36H30N4/c1-2-3-14-28-29-19-21-33(39-29)35(24-10-6-4-7-11-24)31-17-15-26(37-31)23-27-16-18-32(38-27)36(25-12-8-5-9-13-25)34-22-20-30(28)40-34/h4-13,15-23,37-38H,2-3,14H2,1H3/i23D. The molecule has 4 nitrogen and oxygen atoms in total. The van der Waals surface area contributed by atoms with Gasteiger partial charge in [0.05, 0.1) is 24.1 Å². The lowest BCUT2D eigenvalue weighted by molar-refractivity contribution is 0.788. The van der Waals surface area contributed by atoms with Gasteiger partial charge in [0.1, 0.15) is 0 Å². The number of fused-ring (bicyclic) bond motifs is 8. The van der Waals surface area contributed by atoms with Crippen molar-refractivity contribution in [3.63, 3.8) is 0 Å². The van der Waals surface area contributed by atoms with Crippen LogP contribution in [-0.2, 0) is 6.42 Å². The van der Waals surface area contributed by atoms with Gasteiger partial charge in [-0.1, -0.05) is 74.0 Å². The zero-order chi connectivity index (χ0) is 27.8. The summed E-state index contributed by atoms with van der Waals surface area (Å²) in [6.45, 7) is 2.22. The highest BCUT2D eigenvalue weighted by molar-refractivity contribution is 5.93. The Morgan fingerprint density at radius 3 is 1.55 bits per heavy atom. The average Bonchev–Trinajstić information content (AvgIpc) is 3.83. The number of unbranched alkanes of at least 4 members (excludes halogenated alkanes) is 1. The van der Waals surface area contributed by atoms with Crippen LogP contribution in [0.4, 0.5) is 0 Å². The zero-order valence-electron chi connectivity index (χ0n) is 23.4. The third-order valence-electron chi connectivity index (χ3n) is 7.50. The van der Waals surface area contributed by atoms with Crippen LogP contribution in [0.25, 0.3) is 68.6 Å². The molecule has 7 rings (SSSR count). The third kappa shape index (κ3) is 4.48. The molecular weight excluding hydrogens is 488 g/mol. The fourth-order valence-electron chi connectivity index (χ4n) is 5.54. The number of benzene rings is 2. The van der Waals surface area contributed by atoms with Crippen LogP contribution < -0.4 is 0 Å². The zero-order valence-corrected chi connectivity index (χ0v) is 22.4. The largest absolute Gasteiger partial charge is 0.355 e. The van der Waals surface area contributed by atoms with Gasteiger partial charge in [-0.3, -0.25) is 0 Å². The van der Waals surface area contributed by atoms with E-state index in [1.54, 1.807) is 0 Å². The quantitative estimate of drug-likeness (QED) is 0.238. The molecule has 0 fully saturated rings. The molecule has 0 radical (unpaired) electrons. The molecular formula is C36H30N4. The van der Waals surface area contributed by atoms with E-state index in [0.717, 1.165) is 91.9 Å². The summed E-state index contributed by atoms with van der Waals surface area (Å²) in [6, 6.07) is 29.1. The van der Waals surface area contributed by atoms with Crippen molar-refractivity contribution in [3.8, 4) is 22.3 Å². The molecule has 2 aliphatic heterocycles. The van der Waals surface area contributed by atoms with Gasteiger partial charge in [-0.25, -0.2) is 9.97 Å². The molecule has 2 N–H and O–H groups in total. The van der Waals surface area contributed by atoms with E-state index in [2.05, 4.69) is 77.6 Å². The van der Waals surface area contributed by atoms with Crippen molar-refractivity contribution in [3.05, 3.63) is 119 Å². The summed E-state index contributed by atoms with van der Waals surface area (Å²) in [6.07, 6.45) is 11.5. The molecule has 2 aromatic carbocycles. The van der Waals surface area contributed by atoms with E-state index in [4.69, 9.17) is 11.3 Å². The molecule has 0 saturated heterocycles. The van der Waals surface area contributed by atoms with Crippen molar-refractivity contribution >= 4 is 46.4 Å². The van der Waals surface area contributed by atoms with Crippen LogP contribution in [0, 0.1) is 0 Å². The second-order valence-corrected chi connectivity index (χ2v) is 10.2. The van der Waals surface area contributed by atoms with E-state index < -0.39 is 0 Å². The van der Waals surface area contributed by atoms with E-state index in [1.165, 1.54) is 0 Å². The Balaban J connectivity index is 1.64. The number of hydrogen-bond acceptors (Lipinski definition) is 2. The van der Waals surface area contributed by atoms with Crippen LogP contribution in [0.5, 0.6) is 0 Å². The average molecular weight is 520 g/mol. The predicted molar refractivity (Wildman–Crippen MR) is 168 cm³/mol. The van der Waals surface area contributed by atoms with Gasteiger partial charge in [0.15, 0.2) is 0 Å². The van der Waals surface area contributed by atoms with Crippen LogP contribution in [0.2, 0.25) is 0 Å². The van der Waals surface area contributed by atoms with E-state index in [1.807, 2.05) is 48.5 Å². The Morgan fingerprint density at radius 2 is 1.07 bits per heavy atom. The van der Waals surface area contributed by atoms with Crippen molar-refractivity contribution < 1.29 is 1.37 Å². The van der Waals surface area contributed by atoms with Crippen molar-refractivity contribution in [1.82, 2.24) is 19.9 Å². The first-order chi connectivity index (χ1) is 20.2. The highest BCUT2D eigenvalue weighted by atomic mass is 14.8. The first kappa shape index (κ1) is 23.0. The fourth-order valence-corrected chi connectivity index (χ4v) is 5.54. The van der Waals surface area contributed by atoms with Gasteiger partial charge in [-0.15, -0.1) is 0 Å². The van der Waals surface area contributed by atoms with Crippen LogP contribution >= 0.6 is 0 Å². The molecule has 0 amide bonds. The third-order valence-corrected chi connectivity index (χ3v) is 7.50. The number of hydrogen-bond donors (Lipinski definition) is 2. The lowest BCUT2D eigenvalue weighted by atomic mass is 10.0. The molecule has 40 heavy (non-hydrogen) atoms. The van der Waals surface area contributed by atoms with E-state index in [0.29, 0.717) is 6.04 Å². The Hall–Kier alpha value is -4.96. The lowest BCUT2D eigenvalue weighted by Gasteiger charge is -2.05. The fraction of sp³-hybridized carbons (Fsp3) is 0.111. The summed E-state index contributed by atoms with van der Waals surface area (Å²) in [7, 11) is 0. The summed E-state index contributed by atoms with van der Waals surface area (Å²) in [5, 5.41) is 0. The number of nitrogens with zero attached hydrogens (tertiary/aromatic N) is 2. The van der Waals surface area contributed by atoms with Crippen LogP contribution in [-0.4, -0.2) is 19.9 Å². The van der Waals surface area contributed by atoms with Crippen LogP contribution in [0.15, 0.2) is 91.0 Å². The minimum absolute atomic E-state index is 0.400. The van der Waals surface area contributed by atoms with Gasteiger partial charge in [-0.05, 0) is 78.6 Å². The van der Waals surface area contributed by atoms with Gasteiger partial charge in [0.25, 0.3) is 0 Å². The van der Waals surface area contributed by atoms with Crippen molar-refractivity contribution in [2.75, 3.05) is 0 Å². The minimum Gasteiger partial charge on any atom is -0.355 e. The number of nitrogens with one attached hydrogen (secondary N) is 2. The maximum Gasteiger partial charge on any atom is 0.0737 e. The van der Waals surface area contributed by atoms with Gasteiger partial charge < -0.3 is 9.97 Å². The summed E-state index contributed by atoms with van der Waals surface area (Å²) in [5.41, 5.74) is 12.4. The first-order valence-electron chi connectivity index (χ1n) is 14.4. The topological polar surface area (TPSA) is 57.4 Å². The van der Waals surface area contributed by atoms with Gasteiger partial charge >= 0.3 is 0 Å². The van der Waals surface area contributed by atoms with E-state index >= 15 is 0 Å². The molecule has 2 aliphatic rings. The van der Waals surface area contributed by atoms with Gasteiger partial charge in [0.2, 0.25) is 0 Å². The van der Waals surface area contributed by atoms with E-state index in [-0.39, 0.29) is 0 Å². The van der Waals surface area contributed by atoms with Crippen molar-refractivity contribution in [2.24, 2.45) is 0 Å². The molecule has 8 bridgehead atoms. The summed E-state index contributed by atoms with van der Waals surface area (Å²) >= 11 is 0. The minimum atomic E-state index is 0.400. The summed E-state index contributed by atoms with van der Waals surface area (Å²) in [4.78, 5) is 17.5. The summed E-state index contributed by atoms with van der Waals surface area (Å²) in [5.74, 6) is 0. The van der Waals surface area contributed by atoms with Crippen molar-refractivity contribution in [1.29, 1.82) is 0 Å². The van der Waals surface area contributed by atoms with Crippen LogP contribution in [0.3, 0.4) is 0 Å². The Morgan fingerprint density at radius 1 is 0.600 bits per heavy atom. The molecule has 0 aliphatic carbocycles. The van der Waals surface area contributed by atoms with Crippen LogP contribution in [0.1, 0.15) is 49.5 Å². The molecule has 0 unspecified atom stereocenters. The van der Waals surface area contributed by atoms with E-state index in [9.17, 15) is 0 Å². The van der Waals surface area contributed by atoms with Crippen molar-refractivity contribution in [2.45, 2.75) is 26.2 Å². The smallest absolute Gasteiger partial charge is 0.0737 e. The number of H-pyrrole nitrogens is 2. The first-order valence-corrected chi connectivity index (χ1v) is 13.9. The van der Waals surface area contributed by atoms with Gasteiger partial charge in [-0.2, -0.15) is 0 Å². The molecule has 4 heteroatoms. The second-order valence-electron chi connectivity index (χ2n) is 10.2. The lowest BCUT2D eigenvalue weighted by Crippen LogP contribution is -1.95. The maximum absolute atomic E-state index is 9.06. The Kier molecular flexibility index (Phi) is 5.92. The maximum atomic E-state index is 9.06. The number of aromatic nitrogens is 4. The van der Waals surface area contributed by atoms with Gasteiger partial charge in [0, 0.05) is 38.8 Å². The normalized spacial score (nSPS) is 12.6. The molecule has 3 aromatic heterocycles. The molecule has 0 atom stereocenters. The molecule has 5 aromatic rings. The molecule has 0 spiro atoms. The Labute approximate surface area is 235 Å².